The predicted molar refractivity (Wildman–Crippen MR) is 105 cm³/mol. The Hall–Kier alpha value is -3.45. The molecule has 2 N–H and O–H groups in total. The van der Waals surface area contributed by atoms with E-state index in [0.717, 1.165) is 0 Å². The van der Waals surface area contributed by atoms with E-state index in [1.165, 1.54) is 37.6 Å². The molecule has 0 aliphatic carbocycles. The summed E-state index contributed by atoms with van der Waals surface area (Å²) in [7, 11) is 1.32. The van der Waals surface area contributed by atoms with Gasteiger partial charge in [0.05, 0.1) is 29.6 Å². The standard InChI is InChI=1S/C20H15ClFN3O3/c1-28-20(27)12-3-2-4-13(9-12)24-15-6-8-18(23-11-15)19(26)25-14-5-7-17(22)16(21)10-14/h2-11,24H,1H3,(H,25,26). The minimum atomic E-state index is -0.565. The molecule has 6 nitrogen and oxygen atoms in total. The highest BCUT2D eigenvalue weighted by Gasteiger charge is 2.10. The molecule has 0 aliphatic heterocycles. The second kappa shape index (κ2) is 8.49. The smallest absolute Gasteiger partial charge is 0.337 e. The Morgan fingerprint density at radius 3 is 2.50 bits per heavy atom. The van der Waals surface area contributed by atoms with Crippen LogP contribution in [0.25, 0.3) is 0 Å². The van der Waals surface area contributed by atoms with Crippen molar-refractivity contribution in [2.75, 3.05) is 17.7 Å². The van der Waals surface area contributed by atoms with E-state index in [1.807, 2.05) is 0 Å². The van der Waals surface area contributed by atoms with Gasteiger partial charge in [0.25, 0.3) is 5.91 Å². The van der Waals surface area contributed by atoms with Crippen LogP contribution < -0.4 is 10.6 Å². The van der Waals surface area contributed by atoms with Gasteiger partial charge in [-0.1, -0.05) is 17.7 Å². The topological polar surface area (TPSA) is 80.3 Å². The third-order valence-electron chi connectivity index (χ3n) is 3.75. The maximum Gasteiger partial charge on any atom is 0.337 e. The van der Waals surface area contributed by atoms with Gasteiger partial charge in [0.2, 0.25) is 0 Å². The van der Waals surface area contributed by atoms with Crippen molar-refractivity contribution in [1.29, 1.82) is 0 Å². The molecule has 0 atom stereocenters. The molecule has 8 heteroatoms. The van der Waals surface area contributed by atoms with Gasteiger partial charge in [-0.25, -0.2) is 14.2 Å². The number of rotatable bonds is 5. The van der Waals surface area contributed by atoms with E-state index in [2.05, 4.69) is 15.6 Å². The number of hydrogen-bond donors (Lipinski definition) is 2. The number of esters is 1. The third kappa shape index (κ3) is 4.63. The van der Waals surface area contributed by atoms with Crippen molar-refractivity contribution in [1.82, 2.24) is 4.98 Å². The first-order valence-electron chi connectivity index (χ1n) is 8.14. The molecule has 3 rings (SSSR count). The van der Waals surface area contributed by atoms with Crippen LogP contribution >= 0.6 is 11.6 Å². The van der Waals surface area contributed by atoms with Crippen LogP contribution in [0.15, 0.2) is 60.8 Å². The number of benzene rings is 2. The molecule has 0 spiro atoms. The first kappa shape index (κ1) is 19.3. The summed E-state index contributed by atoms with van der Waals surface area (Å²) in [4.78, 5) is 28.0. The first-order chi connectivity index (χ1) is 13.5. The van der Waals surface area contributed by atoms with E-state index in [4.69, 9.17) is 16.3 Å². The lowest BCUT2D eigenvalue weighted by Crippen LogP contribution is -2.13. The molecule has 142 valence electrons. The highest BCUT2D eigenvalue weighted by atomic mass is 35.5. The average Bonchev–Trinajstić information content (AvgIpc) is 2.71. The number of nitrogens with zero attached hydrogens (tertiary/aromatic N) is 1. The Labute approximate surface area is 165 Å². The highest BCUT2D eigenvalue weighted by Crippen LogP contribution is 2.21. The Bertz CT molecular complexity index is 1030. The van der Waals surface area contributed by atoms with Crippen molar-refractivity contribution in [2.24, 2.45) is 0 Å². The summed E-state index contributed by atoms with van der Waals surface area (Å²) in [5.41, 5.74) is 2.25. The fourth-order valence-corrected chi connectivity index (χ4v) is 2.56. The van der Waals surface area contributed by atoms with Gasteiger partial charge in [-0.15, -0.1) is 0 Å². The van der Waals surface area contributed by atoms with Crippen LogP contribution in [0.5, 0.6) is 0 Å². The second-order valence-electron chi connectivity index (χ2n) is 5.71. The average molecular weight is 400 g/mol. The molecule has 0 unspecified atom stereocenters. The van der Waals surface area contributed by atoms with Crippen LogP contribution in [0.1, 0.15) is 20.8 Å². The lowest BCUT2D eigenvalue weighted by molar-refractivity contribution is 0.0600. The molecule has 0 fully saturated rings. The van der Waals surface area contributed by atoms with Gasteiger partial charge in [-0.05, 0) is 48.5 Å². The summed E-state index contributed by atoms with van der Waals surface area (Å²) in [6, 6.07) is 13.9. The minimum absolute atomic E-state index is 0.0838. The largest absolute Gasteiger partial charge is 0.465 e. The zero-order valence-corrected chi connectivity index (χ0v) is 15.5. The molecule has 0 radical (unpaired) electrons. The molecular weight excluding hydrogens is 385 g/mol. The molecule has 3 aromatic rings. The van der Waals surface area contributed by atoms with Gasteiger partial charge in [0, 0.05) is 11.4 Å². The third-order valence-corrected chi connectivity index (χ3v) is 4.04. The Kier molecular flexibility index (Phi) is 5.86. The zero-order chi connectivity index (χ0) is 20.1. The summed E-state index contributed by atoms with van der Waals surface area (Å²) in [5, 5.41) is 5.61. The Balaban J connectivity index is 1.68. The van der Waals surface area contributed by atoms with Crippen LogP contribution in [0, 0.1) is 5.82 Å². The van der Waals surface area contributed by atoms with Gasteiger partial charge in [-0.3, -0.25) is 4.79 Å². The summed E-state index contributed by atoms with van der Waals surface area (Å²) in [6.45, 7) is 0. The quantitative estimate of drug-likeness (QED) is 0.610. The maximum atomic E-state index is 13.2. The van der Waals surface area contributed by atoms with E-state index < -0.39 is 17.7 Å². The molecule has 2 aromatic carbocycles. The van der Waals surface area contributed by atoms with Crippen LogP contribution in [-0.2, 0) is 4.74 Å². The molecule has 1 heterocycles. The Morgan fingerprint density at radius 1 is 1.04 bits per heavy atom. The van der Waals surface area contributed by atoms with Crippen molar-refractivity contribution >= 4 is 40.5 Å². The van der Waals surface area contributed by atoms with Crippen LogP contribution in [0.3, 0.4) is 0 Å². The normalized spacial score (nSPS) is 10.2. The number of carbonyl (C=O) groups excluding carboxylic acids is 2. The number of anilines is 3. The number of carbonyl (C=O) groups is 2. The van der Waals surface area contributed by atoms with Crippen LogP contribution in [0.2, 0.25) is 5.02 Å². The van der Waals surface area contributed by atoms with Gasteiger partial charge in [-0.2, -0.15) is 0 Å². The van der Waals surface area contributed by atoms with Crippen molar-refractivity contribution in [3.63, 3.8) is 0 Å². The van der Waals surface area contributed by atoms with E-state index in [0.29, 0.717) is 22.6 Å². The minimum Gasteiger partial charge on any atom is -0.465 e. The van der Waals surface area contributed by atoms with E-state index >= 15 is 0 Å². The van der Waals surface area contributed by atoms with Crippen LogP contribution in [-0.4, -0.2) is 24.0 Å². The van der Waals surface area contributed by atoms with Gasteiger partial charge in [0.15, 0.2) is 0 Å². The summed E-state index contributed by atoms with van der Waals surface area (Å²) in [6.07, 6.45) is 1.48. The van der Waals surface area contributed by atoms with E-state index in [-0.39, 0.29) is 10.7 Å². The van der Waals surface area contributed by atoms with Gasteiger partial charge >= 0.3 is 5.97 Å². The zero-order valence-electron chi connectivity index (χ0n) is 14.7. The number of ether oxygens (including phenoxy) is 1. The maximum absolute atomic E-state index is 13.2. The summed E-state index contributed by atoms with van der Waals surface area (Å²) < 4.78 is 17.9. The Morgan fingerprint density at radius 2 is 1.82 bits per heavy atom. The molecule has 0 aliphatic rings. The molecule has 1 aromatic heterocycles. The fourth-order valence-electron chi connectivity index (χ4n) is 2.38. The molecule has 0 saturated heterocycles. The summed E-state index contributed by atoms with van der Waals surface area (Å²) in [5.74, 6) is -1.46. The van der Waals surface area contributed by atoms with Gasteiger partial charge in [0.1, 0.15) is 11.5 Å². The van der Waals surface area contributed by atoms with E-state index in [1.54, 1.807) is 30.3 Å². The molecule has 1 amide bonds. The second-order valence-corrected chi connectivity index (χ2v) is 6.12. The number of methoxy groups -OCH3 is 1. The summed E-state index contributed by atoms with van der Waals surface area (Å²) >= 11 is 5.70. The number of nitrogens with one attached hydrogen (secondary N) is 2. The molecule has 0 bridgehead atoms. The lowest BCUT2D eigenvalue weighted by atomic mass is 10.2. The van der Waals surface area contributed by atoms with Gasteiger partial charge < -0.3 is 15.4 Å². The molecular formula is C20H15ClFN3O3. The molecule has 28 heavy (non-hydrogen) atoms. The number of aromatic nitrogens is 1. The van der Waals surface area contributed by atoms with Crippen molar-refractivity contribution in [3.8, 4) is 0 Å². The van der Waals surface area contributed by atoms with E-state index in [9.17, 15) is 14.0 Å². The highest BCUT2D eigenvalue weighted by molar-refractivity contribution is 6.31. The van der Waals surface area contributed by atoms with Crippen molar-refractivity contribution in [3.05, 3.63) is 82.9 Å². The fraction of sp³-hybridized carbons (Fsp3) is 0.0500. The molecule has 0 saturated carbocycles. The SMILES string of the molecule is COC(=O)c1cccc(Nc2ccc(C(=O)Nc3ccc(F)c(Cl)c3)nc2)c1. The number of amides is 1. The lowest BCUT2D eigenvalue weighted by Gasteiger charge is -2.09. The van der Waals surface area contributed by atoms with Crippen molar-refractivity contribution < 1.29 is 18.7 Å². The van der Waals surface area contributed by atoms with Crippen LogP contribution in [0.4, 0.5) is 21.5 Å². The first-order valence-corrected chi connectivity index (χ1v) is 8.52. The predicted octanol–water partition coefficient (Wildman–Crippen LogP) is 4.66. The number of halogens is 2. The number of hydrogen-bond acceptors (Lipinski definition) is 5. The monoisotopic (exact) mass is 399 g/mol. The van der Waals surface area contributed by atoms with Crippen molar-refractivity contribution in [2.45, 2.75) is 0 Å². The number of pyridine rings is 1.